The van der Waals surface area contributed by atoms with Crippen molar-refractivity contribution in [1.29, 1.82) is 0 Å². The van der Waals surface area contributed by atoms with E-state index < -0.39 is 10.0 Å². The minimum atomic E-state index is -3.50. The lowest BCUT2D eigenvalue weighted by molar-refractivity contribution is 0.0756. The molecule has 6 nitrogen and oxygen atoms in total. The molecule has 2 unspecified atom stereocenters. The van der Waals surface area contributed by atoms with E-state index in [9.17, 15) is 13.2 Å². The van der Waals surface area contributed by atoms with Gasteiger partial charge in [0.25, 0.3) is 5.91 Å². The van der Waals surface area contributed by atoms with Crippen LogP contribution in [0, 0.1) is 11.8 Å². The van der Waals surface area contributed by atoms with Crippen molar-refractivity contribution in [3.63, 3.8) is 0 Å². The highest BCUT2D eigenvalue weighted by atomic mass is 35.5. The molecule has 1 aromatic carbocycles. The SMILES string of the molecule is CCN(CC)S(=O)(=O)c1ccc(C(=O)NC2C3CCCC2CC(N)C3)cc1.Cl. The largest absolute Gasteiger partial charge is 0.349 e. The van der Waals surface area contributed by atoms with Crippen LogP contribution in [0.25, 0.3) is 0 Å². The molecule has 0 heterocycles. The molecular weight excluding hydrogens is 398 g/mol. The fourth-order valence-corrected chi connectivity index (χ4v) is 6.21. The predicted molar refractivity (Wildman–Crippen MR) is 113 cm³/mol. The summed E-state index contributed by atoms with van der Waals surface area (Å²) >= 11 is 0. The van der Waals surface area contributed by atoms with Gasteiger partial charge in [0.15, 0.2) is 0 Å². The molecule has 0 spiro atoms. The summed E-state index contributed by atoms with van der Waals surface area (Å²) in [6.45, 7) is 4.48. The van der Waals surface area contributed by atoms with Gasteiger partial charge in [-0.25, -0.2) is 8.42 Å². The molecule has 1 aromatic rings. The van der Waals surface area contributed by atoms with E-state index in [0.717, 1.165) is 25.7 Å². The zero-order valence-corrected chi connectivity index (χ0v) is 18.3. The lowest BCUT2D eigenvalue weighted by atomic mass is 9.67. The van der Waals surface area contributed by atoms with Crippen molar-refractivity contribution in [2.45, 2.75) is 62.9 Å². The molecule has 1 amide bonds. The molecule has 0 aliphatic heterocycles. The second-order valence-corrected chi connectivity index (χ2v) is 9.73. The van der Waals surface area contributed by atoms with E-state index in [4.69, 9.17) is 5.73 Å². The summed E-state index contributed by atoms with van der Waals surface area (Å²) in [5.41, 5.74) is 6.66. The molecule has 28 heavy (non-hydrogen) atoms. The number of rotatable bonds is 6. The van der Waals surface area contributed by atoms with Crippen LogP contribution in [0.1, 0.15) is 56.3 Å². The molecular formula is C20H32ClN3O3S. The molecule has 0 saturated heterocycles. The van der Waals surface area contributed by atoms with Gasteiger partial charge in [0.05, 0.1) is 4.90 Å². The second-order valence-electron chi connectivity index (χ2n) is 7.80. The van der Waals surface area contributed by atoms with Gasteiger partial charge in [-0.1, -0.05) is 20.3 Å². The van der Waals surface area contributed by atoms with Gasteiger partial charge >= 0.3 is 0 Å². The van der Waals surface area contributed by atoms with Crippen molar-refractivity contribution in [3.8, 4) is 0 Å². The Labute approximate surface area is 174 Å². The van der Waals surface area contributed by atoms with Crippen LogP contribution in [0.2, 0.25) is 0 Å². The molecule has 3 rings (SSSR count). The van der Waals surface area contributed by atoms with Gasteiger partial charge < -0.3 is 11.1 Å². The van der Waals surface area contributed by atoms with Crippen LogP contribution in [-0.2, 0) is 10.0 Å². The maximum absolute atomic E-state index is 12.7. The average molecular weight is 430 g/mol. The Bertz CT molecular complexity index is 751. The highest BCUT2D eigenvalue weighted by Gasteiger charge is 2.40. The van der Waals surface area contributed by atoms with E-state index >= 15 is 0 Å². The first-order valence-electron chi connectivity index (χ1n) is 10.0. The minimum absolute atomic E-state index is 0. The third-order valence-corrected chi connectivity index (χ3v) is 8.20. The molecule has 158 valence electrons. The van der Waals surface area contributed by atoms with Crippen molar-refractivity contribution in [2.24, 2.45) is 17.6 Å². The van der Waals surface area contributed by atoms with Gasteiger partial charge in [-0.3, -0.25) is 4.79 Å². The molecule has 3 N–H and O–H groups in total. The number of nitrogens with two attached hydrogens (primary N) is 1. The van der Waals surface area contributed by atoms with E-state index in [1.165, 1.54) is 22.9 Å². The van der Waals surface area contributed by atoms with Gasteiger partial charge in [0, 0.05) is 30.7 Å². The number of benzene rings is 1. The molecule has 8 heteroatoms. The van der Waals surface area contributed by atoms with Crippen LogP contribution in [0.4, 0.5) is 0 Å². The van der Waals surface area contributed by atoms with Crippen LogP contribution < -0.4 is 11.1 Å². The van der Waals surface area contributed by atoms with E-state index in [2.05, 4.69) is 5.32 Å². The second kappa shape index (κ2) is 9.57. The van der Waals surface area contributed by atoms with Crippen LogP contribution >= 0.6 is 12.4 Å². The van der Waals surface area contributed by atoms with Gasteiger partial charge in [-0.05, 0) is 61.8 Å². The first kappa shape index (κ1) is 23.1. The zero-order chi connectivity index (χ0) is 19.6. The molecule has 2 atom stereocenters. The van der Waals surface area contributed by atoms with Crippen LogP contribution in [0.15, 0.2) is 29.2 Å². The highest BCUT2D eigenvalue weighted by molar-refractivity contribution is 7.89. The Morgan fingerprint density at radius 2 is 1.64 bits per heavy atom. The Morgan fingerprint density at radius 3 is 2.14 bits per heavy atom. The Balaban J connectivity index is 0.00000280. The lowest BCUT2D eigenvalue weighted by Gasteiger charge is -2.45. The molecule has 2 bridgehead atoms. The van der Waals surface area contributed by atoms with Crippen molar-refractivity contribution in [2.75, 3.05) is 13.1 Å². The third kappa shape index (κ3) is 4.70. The topological polar surface area (TPSA) is 92.5 Å². The van der Waals surface area contributed by atoms with Crippen molar-refractivity contribution in [3.05, 3.63) is 29.8 Å². The molecule has 2 aliphatic carbocycles. The van der Waals surface area contributed by atoms with E-state index in [-0.39, 0.29) is 35.3 Å². The minimum Gasteiger partial charge on any atom is -0.349 e. The van der Waals surface area contributed by atoms with E-state index in [1.54, 1.807) is 12.1 Å². The summed E-state index contributed by atoms with van der Waals surface area (Å²) < 4.78 is 26.5. The van der Waals surface area contributed by atoms with Gasteiger partial charge in [-0.2, -0.15) is 4.31 Å². The summed E-state index contributed by atoms with van der Waals surface area (Å²) in [4.78, 5) is 13.0. The van der Waals surface area contributed by atoms with Crippen LogP contribution in [0.3, 0.4) is 0 Å². The zero-order valence-electron chi connectivity index (χ0n) is 16.6. The number of hydrogen-bond donors (Lipinski definition) is 2. The molecule has 2 aliphatic rings. The smallest absolute Gasteiger partial charge is 0.251 e. The fraction of sp³-hybridized carbons (Fsp3) is 0.650. The highest BCUT2D eigenvalue weighted by Crippen LogP contribution is 2.39. The van der Waals surface area contributed by atoms with E-state index in [1.807, 2.05) is 13.8 Å². The fourth-order valence-electron chi connectivity index (χ4n) is 4.75. The lowest BCUT2D eigenvalue weighted by Crippen LogP contribution is -2.53. The Hall–Kier alpha value is -1.15. The summed E-state index contributed by atoms with van der Waals surface area (Å²) in [6.07, 6.45) is 5.41. The van der Waals surface area contributed by atoms with Crippen molar-refractivity contribution < 1.29 is 13.2 Å². The first-order valence-corrected chi connectivity index (χ1v) is 11.5. The van der Waals surface area contributed by atoms with Gasteiger partial charge in [0.2, 0.25) is 10.0 Å². The van der Waals surface area contributed by atoms with Crippen molar-refractivity contribution in [1.82, 2.24) is 9.62 Å². The van der Waals surface area contributed by atoms with Crippen LogP contribution in [-0.4, -0.2) is 43.8 Å². The standard InChI is InChI=1S/C20H31N3O3S.ClH/c1-3-23(4-2)27(25,26)18-10-8-14(9-11-18)20(24)22-19-15-6-5-7-16(19)13-17(21)12-15;/h8-11,15-17,19H,3-7,12-13,21H2,1-2H3,(H,22,24);1H. The van der Waals surface area contributed by atoms with E-state index in [0.29, 0.717) is 30.5 Å². The third-order valence-electron chi connectivity index (χ3n) is 6.13. The average Bonchev–Trinajstić information content (AvgIpc) is 2.63. The van der Waals surface area contributed by atoms with Gasteiger partial charge in [0.1, 0.15) is 0 Å². The summed E-state index contributed by atoms with van der Waals surface area (Å²) in [6, 6.07) is 6.70. The number of nitrogens with one attached hydrogen (secondary N) is 1. The summed E-state index contributed by atoms with van der Waals surface area (Å²) in [5.74, 6) is 0.789. The number of carbonyl (C=O) groups excluding carboxylic acids is 1. The molecule has 0 radical (unpaired) electrons. The maximum atomic E-state index is 12.7. The number of amides is 1. The Kier molecular flexibility index (Phi) is 7.90. The monoisotopic (exact) mass is 429 g/mol. The number of fused-ring (bicyclic) bond motifs is 2. The van der Waals surface area contributed by atoms with Crippen LogP contribution in [0.5, 0.6) is 0 Å². The predicted octanol–water partition coefficient (Wildman–Crippen LogP) is 2.77. The maximum Gasteiger partial charge on any atom is 0.251 e. The normalized spacial score (nSPS) is 27.1. The summed E-state index contributed by atoms with van der Waals surface area (Å²) in [5, 5.41) is 3.21. The molecule has 2 saturated carbocycles. The number of nitrogens with zero attached hydrogens (tertiary/aromatic N) is 1. The molecule has 0 aromatic heterocycles. The van der Waals surface area contributed by atoms with Crippen molar-refractivity contribution >= 4 is 28.3 Å². The number of hydrogen-bond acceptors (Lipinski definition) is 4. The quantitative estimate of drug-likeness (QED) is 0.727. The number of halogens is 1. The number of carbonyl (C=O) groups is 1. The Morgan fingerprint density at radius 1 is 1.11 bits per heavy atom. The summed E-state index contributed by atoms with van der Waals surface area (Å²) in [7, 11) is -3.50. The first-order chi connectivity index (χ1) is 12.9. The van der Waals surface area contributed by atoms with Gasteiger partial charge in [-0.15, -0.1) is 12.4 Å². The molecule has 2 fully saturated rings. The number of sulfonamides is 1.